The van der Waals surface area contributed by atoms with E-state index in [0.29, 0.717) is 39.0 Å². The smallest absolute Gasteiger partial charge is 0.166 e. The third-order valence-corrected chi connectivity index (χ3v) is 10.9. The lowest BCUT2D eigenvalue weighted by molar-refractivity contribution is -0.0898. The summed E-state index contributed by atoms with van der Waals surface area (Å²) in [6.45, 7) is 5.92. The third-order valence-electron chi connectivity index (χ3n) is 10.9. The van der Waals surface area contributed by atoms with Crippen LogP contribution in [-0.2, 0) is 11.2 Å². The molecular weight excluding hydrogens is 542 g/mol. The van der Waals surface area contributed by atoms with Crippen LogP contribution in [0.1, 0.15) is 118 Å². The Morgan fingerprint density at radius 1 is 1.14 bits per heavy atom. The first-order chi connectivity index (χ1) is 20.6. The van der Waals surface area contributed by atoms with E-state index < -0.39 is 23.2 Å². The number of methoxy groups -OCH3 is 1. The zero-order chi connectivity index (χ0) is 31.0. The van der Waals surface area contributed by atoms with E-state index in [-0.39, 0.29) is 30.8 Å². The number of fused-ring (bicyclic) bond motifs is 8. The molecule has 242 valence electrons. The average molecular weight is 600 g/mol. The van der Waals surface area contributed by atoms with E-state index in [1.54, 1.807) is 7.11 Å². The number of Topliss-reactive ketones (excluding diaryl/α,β-unsaturated/α-hetero) is 1. The molecule has 0 radical (unpaired) electrons. The first-order valence-electron chi connectivity index (χ1n) is 16.8. The van der Waals surface area contributed by atoms with Gasteiger partial charge in [-0.3, -0.25) is 9.69 Å². The average Bonchev–Trinajstić information content (AvgIpc) is 3.25. The number of hydrogen-bond donors (Lipinski definition) is 4. The first-order valence-corrected chi connectivity index (χ1v) is 16.8. The minimum Gasteiger partial charge on any atom is -0.394 e. The number of benzene rings is 1. The molecule has 2 saturated carbocycles. The first kappa shape index (κ1) is 34.3. The van der Waals surface area contributed by atoms with Crippen LogP contribution in [-0.4, -0.2) is 88.9 Å². The molecule has 7 nitrogen and oxygen atoms in total. The van der Waals surface area contributed by atoms with Gasteiger partial charge < -0.3 is 25.2 Å². The summed E-state index contributed by atoms with van der Waals surface area (Å²) in [5.74, 6) is 0.276. The van der Waals surface area contributed by atoms with Crippen LogP contribution in [0.5, 0.6) is 0 Å². The Morgan fingerprint density at radius 3 is 2.63 bits per heavy atom. The minimum absolute atomic E-state index is 0.000693. The van der Waals surface area contributed by atoms with Crippen LogP contribution in [0.15, 0.2) is 29.8 Å². The number of aliphatic hydroxyl groups is 4. The van der Waals surface area contributed by atoms with E-state index >= 15 is 0 Å². The number of ketones is 1. The number of aliphatic hydroxyl groups excluding tert-OH is 3. The molecule has 0 heterocycles. The fourth-order valence-electron chi connectivity index (χ4n) is 8.19. The Labute approximate surface area is 259 Å². The van der Waals surface area contributed by atoms with Crippen molar-refractivity contribution < 1.29 is 30.0 Å². The normalized spacial score (nSPS) is 29.7. The van der Waals surface area contributed by atoms with Crippen molar-refractivity contribution in [1.29, 1.82) is 0 Å². The maximum absolute atomic E-state index is 14.2. The van der Waals surface area contributed by atoms with E-state index in [1.165, 1.54) is 12.0 Å². The zero-order valence-electron chi connectivity index (χ0n) is 26.9. The van der Waals surface area contributed by atoms with Gasteiger partial charge in [0, 0.05) is 50.2 Å². The molecule has 5 atom stereocenters. The molecule has 7 heteroatoms. The standard InChI is InChI=1S/C36H57NO6/c1-26-9-7-17-35(2)33(16-18-36(35,42)25-37(19-8-20-43-3)23-30(40)24-38)31-15-13-27(21-29(39)14-12-26)22-32(31)34(41)28-10-5-4-6-11-28/h9,13,15,22,28-30,33,38-40,42H,4-8,10-12,14,16-21,23-25H2,1-3H3. The summed E-state index contributed by atoms with van der Waals surface area (Å²) in [6, 6.07) is 6.29. The van der Waals surface area contributed by atoms with Gasteiger partial charge in [-0.2, -0.15) is 0 Å². The van der Waals surface area contributed by atoms with Crippen LogP contribution in [0.4, 0.5) is 0 Å². The Kier molecular flexibility index (Phi) is 12.4. The van der Waals surface area contributed by atoms with Gasteiger partial charge in [-0.25, -0.2) is 0 Å². The zero-order valence-corrected chi connectivity index (χ0v) is 26.9. The Balaban J connectivity index is 1.75. The van der Waals surface area contributed by atoms with Crippen molar-refractivity contribution in [1.82, 2.24) is 4.90 Å². The van der Waals surface area contributed by atoms with Gasteiger partial charge in [-0.05, 0) is 94.2 Å². The summed E-state index contributed by atoms with van der Waals surface area (Å²) in [5, 5.41) is 43.5. The molecule has 4 aliphatic carbocycles. The topological polar surface area (TPSA) is 110 Å². The lowest BCUT2D eigenvalue weighted by Gasteiger charge is -2.46. The SMILES string of the molecule is COCCCN(CC(O)CO)CC1(O)CCC2c3ccc(cc3C(=O)C3CCCCC3)CC(O)CCC(C)=CCCC21C. The Hall–Kier alpha value is -1.61. The maximum atomic E-state index is 14.2. The van der Waals surface area contributed by atoms with Crippen molar-refractivity contribution in [3.63, 3.8) is 0 Å². The van der Waals surface area contributed by atoms with Crippen molar-refractivity contribution >= 4 is 5.78 Å². The van der Waals surface area contributed by atoms with Crippen LogP contribution in [0.2, 0.25) is 0 Å². The highest BCUT2D eigenvalue weighted by molar-refractivity contribution is 5.99. The quantitative estimate of drug-likeness (QED) is 0.158. The number of ether oxygens (including phenoxy) is 1. The molecule has 0 aromatic heterocycles. The second kappa shape index (κ2) is 15.6. The number of allylic oxidation sites excluding steroid dienone is 2. The van der Waals surface area contributed by atoms with Gasteiger partial charge in [-0.15, -0.1) is 0 Å². The second-order valence-electron chi connectivity index (χ2n) is 14.1. The number of hydrogen-bond acceptors (Lipinski definition) is 7. The van der Waals surface area contributed by atoms with Crippen LogP contribution in [0.3, 0.4) is 0 Å². The monoisotopic (exact) mass is 599 g/mol. The molecule has 43 heavy (non-hydrogen) atoms. The van der Waals surface area contributed by atoms with Gasteiger partial charge in [0.25, 0.3) is 0 Å². The fraction of sp³-hybridized carbons (Fsp3) is 0.750. The lowest BCUT2D eigenvalue weighted by Crippen LogP contribution is -2.54. The highest BCUT2D eigenvalue weighted by Crippen LogP contribution is 2.59. The summed E-state index contributed by atoms with van der Waals surface area (Å²) in [4.78, 5) is 16.3. The fourth-order valence-corrected chi connectivity index (χ4v) is 8.19. The lowest BCUT2D eigenvalue weighted by atomic mass is 9.64. The summed E-state index contributed by atoms with van der Waals surface area (Å²) in [6.07, 6.45) is 11.9. The second-order valence-corrected chi connectivity index (χ2v) is 14.1. The van der Waals surface area contributed by atoms with E-state index in [2.05, 4.69) is 43.0 Å². The number of carbonyl (C=O) groups is 1. The number of carbonyl (C=O) groups excluding carboxylic acids is 1. The summed E-state index contributed by atoms with van der Waals surface area (Å²) < 4.78 is 5.28. The Morgan fingerprint density at radius 2 is 1.91 bits per heavy atom. The van der Waals surface area contributed by atoms with Crippen molar-refractivity contribution in [2.45, 2.75) is 121 Å². The molecule has 0 amide bonds. The van der Waals surface area contributed by atoms with Gasteiger partial charge in [0.1, 0.15) is 0 Å². The summed E-state index contributed by atoms with van der Waals surface area (Å²) in [7, 11) is 1.67. The van der Waals surface area contributed by atoms with E-state index in [0.717, 1.165) is 74.5 Å². The van der Waals surface area contributed by atoms with Crippen LogP contribution >= 0.6 is 0 Å². The van der Waals surface area contributed by atoms with Crippen molar-refractivity contribution in [3.8, 4) is 0 Å². The highest BCUT2D eigenvalue weighted by Gasteiger charge is 2.57. The molecule has 2 bridgehead atoms. The van der Waals surface area contributed by atoms with E-state index in [9.17, 15) is 25.2 Å². The molecule has 5 rings (SSSR count). The molecule has 1 aromatic carbocycles. The Bertz CT molecular complexity index is 1080. The predicted octanol–water partition coefficient (Wildman–Crippen LogP) is 5.18. The molecule has 0 aliphatic heterocycles. The minimum atomic E-state index is -1.04. The van der Waals surface area contributed by atoms with Gasteiger partial charge >= 0.3 is 0 Å². The molecule has 0 saturated heterocycles. The third kappa shape index (κ3) is 8.36. The van der Waals surface area contributed by atoms with Gasteiger partial charge in [0.05, 0.1) is 24.4 Å². The van der Waals surface area contributed by atoms with Crippen molar-refractivity contribution in [2.75, 3.05) is 40.0 Å². The van der Waals surface area contributed by atoms with Crippen LogP contribution in [0.25, 0.3) is 0 Å². The molecule has 4 N–H and O–H groups in total. The van der Waals surface area contributed by atoms with E-state index in [4.69, 9.17) is 4.74 Å². The van der Waals surface area contributed by atoms with E-state index in [1.807, 2.05) is 0 Å². The molecule has 4 aliphatic rings. The maximum Gasteiger partial charge on any atom is 0.166 e. The van der Waals surface area contributed by atoms with Crippen molar-refractivity contribution in [3.05, 3.63) is 46.5 Å². The van der Waals surface area contributed by atoms with Gasteiger partial charge in [0.2, 0.25) is 0 Å². The largest absolute Gasteiger partial charge is 0.394 e. The highest BCUT2D eigenvalue weighted by atomic mass is 16.5. The molecule has 5 unspecified atom stereocenters. The number of rotatable bonds is 11. The molecule has 1 aromatic rings. The number of nitrogens with zero attached hydrogens (tertiary/aromatic N) is 1. The molecular formula is C36H57NO6. The van der Waals surface area contributed by atoms with Crippen molar-refractivity contribution in [2.24, 2.45) is 11.3 Å². The summed E-state index contributed by atoms with van der Waals surface area (Å²) in [5.41, 5.74) is 2.55. The molecule has 0 spiro atoms. The van der Waals surface area contributed by atoms with Gasteiger partial charge in [-0.1, -0.05) is 50.0 Å². The predicted molar refractivity (Wildman–Crippen MR) is 170 cm³/mol. The van der Waals surface area contributed by atoms with Gasteiger partial charge in [0.15, 0.2) is 5.78 Å². The summed E-state index contributed by atoms with van der Waals surface area (Å²) >= 11 is 0. The van der Waals surface area contributed by atoms with Crippen LogP contribution in [0, 0.1) is 11.3 Å². The molecule has 2 fully saturated rings. The van der Waals surface area contributed by atoms with Crippen LogP contribution < -0.4 is 0 Å².